The predicted octanol–water partition coefficient (Wildman–Crippen LogP) is 2.85. The zero-order valence-corrected chi connectivity index (χ0v) is 13.5. The smallest absolute Gasteiger partial charge is 0.326 e. The Hall–Kier alpha value is -1.14. The van der Waals surface area contributed by atoms with Crippen LogP contribution in [0.4, 0.5) is 5.13 Å². The largest absolute Gasteiger partial charge is 0.480 e. The first kappa shape index (κ1) is 14.8. The molecule has 0 radical (unpaired) electrons. The summed E-state index contributed by atoms with van der Waals surface area (Å²) in [4.78, 5) is 15.3. The third-order valence-corrected chi connectivity index (χ3v) is 6.44. The zero-order valence-electron chi connectivity index (χ0n) is 12.7. The second kappa shape index (κ2) is 4.68. The average Bonchev–Trinajstić information content (AvgIpc) is 3.05. The highest BCUT2D eigenvalue weighted by atomic mass is 32.1. The van der Waals surface area contributed by atoms with Crippen molar-refractivity contribution in [2.45, 2.75) is 52.1 Å². The molecule has 0 aromatic carbocycles. The SMILES string of the molecule is CC12CCC(C1)C(C)(C)C2Nc1nc(C(N)C(=O)O)cs1. The van der Waals surface area contributed by atoms with E-state index in [4.69, 9.17) is 10.8 Å². The molecule has 2 fully saturated rings. The van der Waals surface area contributed by atoms with Gasteiger partial charge in [-0.1, -0.05) is 20.8 Å². The number of carboxylic acids is 1. The van der Waals surface area contributed by atoms with Crippen LogP contribution in [0, 0.1) is 16.7 Å². The number of anilines is 1. The number of carbonyl (C=O) groups is 1. The Morgan fingerprint density at radius 3 is 2.86 bits per heavy atom. The highest BCUT2D eigenvalue weighted by Gasteiger charge is 2.59. The number of nitrogens with two attached hydrogens (primary N) is 1. The van der Waals surface area contributed by atoms with Crippen LogP contribution in [0.1, 0.15) is 51.8 Å². The highest BCUT2D eigenvalue weighted by Crippen LogP contribution is 2.63. The Morgan fingerprint density at radius 1 is 1.57 bits per heavy atom. The van der Waals surface area contributed by atoms with Crippen LogP contribution in [0.5, 0.6) is 0 Å². The number of aromatic nitrogens is 1. The molecule has 4 N–H and O–H groups in total. The summed E-state index contributed by atoms with van der Waals surface area (Å²) in [6.45, 7) is 7.02. The molecule has 6 heteroatoms. The monoisotopic (exact) mass is 309 g/mol. The molecule has 4 atom stereocenters. The molecule has 1 aromatic rings. The van der Waals surface area contributed by atoms with E-state index in [1.807, 2.05) is 0 Å². The number of thiazole rings is 1. The van der Waals surface area contributed by atoms with Crippen molar-refractivity contribution in [2.24, 2.45) is 22.5 Å². The Kier molecular flexibility index (Phi) is 3.29. The van der Waals surface area contributed by atoms with E-state index in [1.54, 1.807) is 5.38 Å². The van der Waals surface area contributed by atoms with E-state index in [0.29, 0.717) is 17.2 Å². The van der Waals surface area contributed by atoms with Crippen molar-refractivity contribution < 1.29 is 9.90 Å². The summed E-state index contributed by atoms with van der Waals surface area (Å²) in [5.41, 5.74) is 6.61. The minimum atomic E-state index is -1.04. The van der Waals surface area contributed by atoms with Gasteiger partial charge in [-0.05, 0) is 36.0 Å². The fourth-order valence-corrected chi connectivity index (χ4v) is 5.18. The molecule has 2 aliphatic carbocycles. The number of aliphatic carboxylic acids is 1. The minimum Gasteiger partial charge on any atom is -0.480 e. The van der Waals surface area contributed by atoms with Gasteiger partial charge in [0.05, 0.1) is 5.69 Å². The third-order valence-electron chi connectivity index (χ3n) is 5.64. The molecule has 3 rings (SSSR count). The van der Waals surface area contributed by atoms with Gasteiger partial charge in [0.25, 0.3) is 0 Å². The maximum atomic E-state index is 10.9. The molecule has 0 spiro atoms. The van der Waals surface area contributed by atoms with Crippen molar-refractivity contribution in [3.8, 4) is 0 Å². The second-order valence-corrected chi connectivity index (χ2v) is 8.24. The number of fused-ring (bicyclic) bond motifs is 2. The van der Waals surface area contributed by atoms with Crippen LogP contribution in [-0.4, -0.2) is 22.1 Å². The maximum absolute atomic E-state index is 10.9. The van der Waals surface area contributed by atoms with Gasteiger partial charge in [-0.3, -0.25) is 4.79 Å². The molecule has 2 aliphatic rings. The van der Waals surface area contributed by atoms with Crippen molar-refractivity contribution in [2.75, 3.05) is 5.32 Å². The molecule has 2 saturated carbocycles. The highest BCUT2D eigenvalue weighted by molar-refractivity contribution is 7.13. The second-order valence-electron chi connectivity index (χ2n) is 7.39. The van der Waals surface area contributed by atoms with E-state index in [1.165, 1.54) is 30.6 Å². The van der Waals surface area contributed by atoms with Crippen LogP contribution >= 0.6 is 11.3 Å². The van der Waals surface area contributed by atoms with Gasteiger partial charge < -0.3 is 16.2 Å². The van der Waals surface area contributed by atoms with Crippen molar-refractivity contribution in [3.05, 3.63) is 11.1 Å². The summed E-state index contributed by atoms with van der Waals surface area (Å²) in [5, 5.41) is 15.1. The first-order valence-electron chi connectivity index (χ1n) is 7.44. The summed E-state index contributed by atoms with van der Waals surface area (Å²) in [6, 6.07) is -0.663. The van der Waals surface area contributed by atoms with E-state index in [2.05, 4.69) is 31.1 Å². The van der Waals surface area contributed by atoms with Crippen molar-refractivity contribution in [3.63, 3.8) is 0 Å². The van der Waals surface area contributed by atoms with Crippen molar-refractivity contribution >= 4 is 22.4 Å². The van der Waals surface area contributed by atoms with Crippen LogP contribution in [-0.2, 0) is 4.79 Å². The summed E-state index contributed by atoms with van der Waals surface area (Å²) in [6.07, 6.45) is 3.84. The Bertz CT molecular complexity index is 566. The number of rotatable bonds is 4. The lowest BCUT2D eigenvalue weighted by Crippen LogP contribution is -2.45. The van der Waals surface area contributed by atoms with E-state index in [-0.39, 0.29) is 5.41 Å². The van der Waals surface area contributed by atoms with Gasteiger partial charge in [-0.15, -0.1) is 11.3 Å². The average molecular weight is 309 g/mol. The van der Waals surface area contributed by atoms with Gasteiger partial charge in [0.2, 0.25) is 0 Å². The van der Waals surface area contributed by atoms with Gasteiger partial charge >= 0.3 is 5.97 Å². The lowest BCUT2D eigenvalue weighted by Gasteiger charge is -2.43. The van der Waals surface area contributed by atoms with E-state index < -0.39 is 12.0 Å². The summed E-state index contributed by atoms with van der Waals surface area (Å²) in [7, 11) is 0. The molecule has 4 unspecified atom stereocenters. The molecule has 2 bridgehead atoms. The van der Waals surface area contributed by atoms with Crippen molar-refractivity contribution in [1.29, 1.82) is 0 Å². The lowest BCUT2D eigenvalue weighted by molar-refractivity contribution is -0.138. The summed E-state index contributed by atoms with van der Waals surface area (Å²) >= 11 is 1.44. The molecule has 0 aliphatic heterocycles. The van der Waals surface area contributed by atoms with Crippen LogP contribution in [0.2, 0.25) is 0 Å². The van der Waals surface area contributed by atoms with Gasteiger partial charge in [-0.25, -0.2) is 4.98 Å². The van der Waals surface area contributed by atoms with E-state index in [0.717, 1.165) is 11.0 Å². The molecular formula is C15H23N3O2S. The molecular weight excluding hydrogens is 286 g/mol. The van der Waals surface area contributed by atoms with Crippen LogP contribution < -0.4 is 11.1 Å². The molecule has 21 heavy (non-hydrogen) atoms. The lowest BCUT2D eigenvalue weighted by atomic mass is 9.68. The number of hydrogen-bond acceptors (Lipinski definition) is 5. The quantitative estimate of drug-likeness (QED) is 0.796. The molecule has 1 heterocycles. The Labute approximate surface area is 129 Å². The fourth-order valence-electron chi connectivity index (χ4n) is 4.41. The molecule has 0 amide bonds. The number of hydrogen-bond donors (Lipinski definition) is 3. The van der Waals surface area contributed by atoms with Crippen molar-refractivity contribution in [1.82, 2.24) is 4.98 Å². The summed E-state index contributed by atoms with van der Waals surface area (Å²) in [5.74, 6) is -0.278. The first-order valence-corrected chi connectivity index (χ1v) is 8.32. The van der Waals surface area contributed by atoms with E-state index in [9.17, 15) is 4.79 Å². The number of nitrogens with zero attached hydrogens (tertiary/aromatic N) is 1. The molecule has 116 valence electrons. The van der Waals surface area contributed by atoms with Crippen LogP contribution in [0.25, 0.3) is 0 Å². The van der Waals surface area contributed by atoms with Crippen LogP contribution in [0.15, 0.2) is 5.38 Å². The molecule has 5 nitrogen and oxygen atoms in total. The number of carboxylic acid groups (broad SMARTS) is 1. The van der Waals surface area contributed by atoms with Gasteiger partial charge in [-0.2, -0.15) is 0 Å². The van der Waals surface area contributed by atoms with Gasteiger partial charge in [0.15, 0.2) is 5.13 Å². The zero-order chi connectivity index (χ0) is 15.4. The predicted molar refractivity (Wildman–Crippen MR) is 83.3 cm³/mol. The topological polar surface area (TPSA) is 88.2 Å². The Morgan fingerprint density at radius 2 is 2.29 bits per heavy atom. The van der Waals surface area contributed by atoms with E-state index >= 15 is 0 Å². The summed E-state index contributed by atoms with van der Waals surface area (Å²) < 4.78 is 0. The fraction of sp³-hybridized carbons (Fsp3) is 0.733. The maximum Gasteiger partial charge on any atom is 0.326 e. The normalized spacial score (nSPS) is 34.9. The molecule has 0 saturated heterocycles. The Balaban J connectivity index is 1.79. The minimum absolute atomic E-state index is 0.244. The first-order chi connectivity index (χ1) is 9.74. The third kappa shape index (κ3) is 2.25. The standard InChI is InChI=1S/C15H23N3O2S/c1-14(2)8-4-5-15(3,6-8)12(14)18-13-17-9(7-21-13)10(16)11(19)20/h7-8,10,12H,4-6,16H2,1-3H3,(H,17,18)(H,19,20). The van der Waals surface area contributed by atoms with Crippen LogP contribution in [0.3, 0.4) is 0 Å². The molecule has 1 aromatic heterocycles. The van der Waals surface area contributed by atoms with Gasteiger partial charge in [0, 0.05) is 11.4 Å². The number of nitrogens with one attached hydrogen (secondary N) is 1. The van der Waals surface area contributed by atoms with Gasteiger partial charge in [0.1, 0.15) is 6.04 Å².